The van der Waals surface area contributed by atoms with E-state index in [1.807, 2.05) is 0 Å². The monoisotopic (exact) mass is 171 g/mol. The van der Waals surface area contributed by atoms with E-state index in [9.17, 15) is 5.11 Å². The molecule has 0 radical (unpaired) electrons. The van der Waals surface area contributed by atoms with Gasteiger partial charge >= 0.3 is 0 Å². The van der Waals surface area contributed by atoms with Gasteiger partial charge in [0, 0.05) is 12.6 Å². The van der Waals surface area contributed by atoms with Gasteiger partial charge in [0.05, 0.1) is 6.10 Å². The Morgan fingerprint density at radius 2 is 2.17 bits per heavy atom. The topological polar surface area (TPSA) is 23.5 Å². The van der Waals surface area contributed by atoms with Crippen molar-refractivity contribution in [3.63, 3.8) is 0 Å². The van der Waals surface area contributed by atoms with Gasteiger partial charge in [0.25, 0.3) is 0 Å². The lowest BCUT2D eigenvalue weighted by atomic mass is 10.1. The van der Waals surface area contributed by atoms with Crippen LogP contribution in [0.1, 0.15) is 33.6 Å². The molecule has 1 fully saturated rings. The van der Waals surface area contributed by atoms with Crippen molar-refractivity contribution in [2.45, 2.75) is 45.8 Å². The van der Waals surface area contributed by atoms with Gasteiger partial charge in [-0.2, -0.15) is 0 Å². The zero-order valence-corrected chi connectivity index (χ0v) is 8.45. The number of β-amino-alcohol motifs (C(OH)–C–C–N with tert-alkyl or cyclic N) is 1. The summed E-state index contributed by atoms with van der Waals surface area (Å²) in [6, 6.07) is 0.582. The van der Waals surface area contributed by atoms with Crippen molar-refractivity contribution in [2.24, 2.45) is 5.92 Å². The highest BCUT2D eigenvalue weighted by molar-refractivity contribution is 4.81. The molecule has 2 unspecified atom stereocenters. The highest BCUT2D eigenvalue weighted by Gasteiger charge is 2.26. The molecule has 0 aromatic carbocycles. The van der Waals surface area contributed by atoms with Crippen molar-refractivity contribution < 1.29 is 5.11 Å². The molecule has 1 saturated heterocycles. The van der Waals surface area contributed by atoms with Gasteiger partial charge in [-0.1, -0.05) is 13.8 Å². The Morgan fingerprint density at radius 1 is 1.50 bits per heavy atom. The van der Waals surface area contributed by atoms with Crippen LogP contribution in [0.3, 0.4) is 0 Å². The summed E-state index contributed by atoms with van der Waals surface area (Å²) in [7, 11) is 0. The fraction of sp³-hybridized carbons (Fsp3) is 1.00. The lowest BCUT2D eigenvalue weighted by Gasteiger charge is -2.21. The molecule has 0 spiro atoms. The number of hydrogen-bond donors (Lipinski definition) is 1. The second kappa shape index (κ2) is 4.24. The number of nitrogens with zero attached hydrogens (tertiary/aromatic N) is 1. The SMILES string of the molecule is CC(C)CCN1CC(O)CC1C. The number of rotatable bonds is 3. The summed E-state index contributed by atoms with van der Waals surface area (Å²) in [5.74, 6) is 0.773. The summed E-state index contributed by atoms with van der Waals surface area (Å²) in [6.45, 7) is 8.73. The van der Waals surface area contributed by atoms with Crippen LogP contribution in [-0.2, 0) is 0 Å². The largest absolute Gasteiger partial charge is 0.392 e. The molecule has 0 aliphatic carbocycles. The molecule has 1 aliphatic rings. The lowest BCUT2D eigenvalue weighted by molar-refractivity contribution is 0.173. The van der Waals surface area contributed by atoms with Gasteiger partial charge in [-0.05, 0) is 32.2 Å². The van der Waals surface area contributed by atoms with Crippen LogP contribution in [0.4, 0.5) is 0 Å². The van der Waals surface area contributed by atoms with Crippen molar-refractivity contribution in [3.8, 4) is 0 Å². The maximum Gasteiger partial charge on any atom is 0.0682 e. The van der Waals surface area contributed by atoms with Gasteiger partial charge in [-0.3, -0.25) is 4.90 Å². The molecule has 72 valence electrons. The van der Waals surface area contributed by atoms with Crippen molar-refractivity contribution in [3.05, 3.63) is 0 Å². The van der Waals surface area contributed by atoms with E-state index in [0.29, 0.717) is 6.04 Å². The first kappa shape index (κ1) is 10.0. The second-order valence-corrected chi connectivity index (χ2v) is 4.42. The molecule has 2 atom stereocenters. The van der Waals surface area contributed by atoms with E-state index in [1.54, 1.807) is 0 Å². The molecule has 2 heteroatoms. The first-order chi connectivity index (χ1) is 5.59. The number of aliphatic hydroxyl groups excluding tert-OH is 1. The summed E-state index contributed by atoms with van der Waals surface area (Å²) in [5.41, 5.74) is 0. The van der Waals surface area contributed by atoms with E-state index < -0.39 is 0 Å². The lowest BCUT2D eigenvalue weighted by Crippen LogP contribution is -2.29. The van der Waals surface area contributed by atoms with Crippen LogP contribution in [0.15, 0.2) is 0 Å². The molecule has 1 aliphatic heterocycles. The molecule has 1 rings (SSSR count). The summed E-state index contributed by atoms with van der Waals surface area (Å²) < 4.78 is 0. The van der Waals surface area contributed by atoms with Crippen molar-refractivity contribution in [1.29, 1.82) is 0 Å². The maximum atomic E-state index is 9.39. The van der Waals surface area contributed by atoms with Crippen LogP contribution in [0.2, 0.25) is 0 Å². The third-order valence-electron chi connectivity index (χ3n) is 2.68. The molecule has 0 aromatic heterocycles. The number of likely N-dealkylation sites (tertiary alicyclic amines) is 1. The summed E-state index contributed by atoms with van der Waals surface area (Å²) in [6.07, 6.45) is 2.13. The Bertz CT molecular complexity index is 136. The van der Waals surface area contributed by atoms with Crippen molar-refractivity contribution in [1.82, 2.24) is 4.90 Å². The van der Waals surface area contributed by atoms with Crippen molar-refractivity contribution in [2.75, 3.05) is 13.1 Å². The molecule has 0 saturated carbocycles. The average Bonchev–Trinajstić information content (AvgIpc) is 2.26. The zero-order valence-electron chi connectivity index (χ0n) is 8.45. The van der Waals surface area contributed by atoms with Crippen LogP contribution < -0.4 is 0 Å². The maximum absolute atomic E-state index is 9.39. The summed E-state index contributed by atoms with van der Waals surface area (Å²) in [4.78, 5) is 2.39. The minimum atomic E-state index is -0.0767. The summed E-state index contributed by atoms with van der Waals surface area (Å²) in [5, 5.41) is 9.39. The second-order valence-electron chi connectivity index (χ2n) is 4.42. The van der Waals surface area contributed by atoms with Crippen LogP contribution >= 0.6 is 0 Å². The molecule has 1 N–H and O–H groups in total. The minimum Gasteiger partial charge on any atom is -0.392 e. The quantitative estimate of drug-likeness (QED) is 0.695. The van der Waals surface area contributed by atoms with Gasteiger partial charge in [0.2, 0.25) is 0 Å². The Kier molecular flexibility index (Phi) is 3.53. The van der Waals surface area contributed by atoms with Gasteiger partial charge in [-0.15, -0.1) is 0 Å². The van der Waals surface area contributed by atoms with E-state index in [1.165, 1.54) is 6.42 Å². The van der Waals surface area contributed by atoms with Gasteiger partial charge in [-0.25, -0.2) is 0 Å². The van der Waals surface area contributed by atoms with Crippen LogP contribution in [-0.4, -0.2) is 35.2 Å². The number of aliphatic hydroxyl groups is 1. The van der Waals surface area contributed by atoms with Crippen LogP contribution in [0.25, 0.3) is 0 Å². The van der Waals surface area contributed by atoms with Crippen molar-refractivity contribution >= 4 is 0 Å². The van der Waals surface area contributed by atoms with Gasteiger partial charge < -0.3 is 5.11 Å². The third kappa shape index (κ3) is 2.76. The van der Waals surface area contributed by atoms with E-state index >= 15 is 0 Å². The average molecular weight is 171 g/mol. The third-order valence-corrected chi connectivity index (χ3v) is 2.68. The molecular formula is C10H21NO. The van der Waals surface area contributed by atoms with Crippen LogP contribution in [0.5, 0.6) is 0 Å². The highest BCUT2D eigenvalue weighted by Crippen LogP contribution is 2.18. The first-order valence-corrected chi connectivity index (χ1v) is 5.01. The molecule has 0 aromatic rings. The Labute approximate surface area is 75.6 Å². The summed E-state index contributed by atoms with van der Waals surface area (Å²) >= 11 is 0. The molecule has 0 amide bonds. The zero-order chi connectivity index (χ0) is 9.14. The predicted octanol–water partition coefficient (Wildman–Crippen LogP) is 1.49. The molecule has 1 heterocycles. The molecule has 12 heavy (non-hydrogen) atoms. The van der Waals surface area contributed by atoms with E-state index in [4.69, 9.17) is 0 Å². The first-order valence-electron chi connectivity index (χ1n) is 5.01. The van der Waals surface area contributed by atoms with E-state index in [2.05, 4.69) is 25.7 Å². The number of hydrogen-bond acceptors (Lipinski definition) is 2. The standard InChI is InChI=1S/C10H21NO/c1-8(2)4-5-11-7-10(12)6-9(11)3/h8-10,12H,4-7H2,1-3H3. The van der Waals surface area contributed by atoms with Gasteiger partial charge in [0.1, 0.15) is 0 Å². The smallest absolute Gasteiger partial charge is 0.0682 e. The van der Waals surface area contributed by atoms with Crippen LogP contribution in [0, 0.1) is 5.92 Å². The Morgan fingerprint density at radius 3 is 2.58 bits per heavy atom. The molecule has 2 nitrogen and oxygen atoms in total. The van der Waals surface area contributed by atoms with E-state index in [0.717, 1.165) is 25.4 Å². The Balaban J connectivity index is 2.23. The highest BCUT2D eigenvalue weighted by atomic mass is 16.3. The predicted molar refractivity (Wildman–Crippen MR) is 51.1 cm³/mol. The fourth-order valence-corrected chi connectivity index (χ4v) is 1.80. The molecular weight excluding hydrogens is 150 g/mol. The normalized spacial score (nSPS) is 31.8. The fourth-order valence-electron chi connectivity index (χ4n) is 1.80. The van der Waals surface area contributed by atoms with Gasteiger partial charge in [0.15, 0.2) is 0 Å². The molecule has 0 bridgehead atoms. The van der Waals surface area contributed by atoms with E-state index in [-0.39, 0.29) is 6.10 Å². The minimum absolute atomic E-state index is 0.0767. The Hall–Kier alpha value is -0.0800.